The largest absolute Gasteiger partial charge is 0.324 e. The second kappa shape index (κ2) is 5.57. The molecule has 1 aromatic heterocycles. The van der Waals surface area contributed by atoms with E-state index in [2.05, 4.69) is 55.6 Å². The number of hydrogen-bond donors (Lipinski definition) is 1. The highest BCUT2D eigenvalue weighted by Crippen LogP contribution is 2.25. The Bertz CT molecular complexity index is 473. The number of nitrogens with zero attached hydrogens (tertiary/aromatic N) is 1. The van der Waals surface area contributed by atoms with Gasteiger partial charge >= 0.3 is 0 Å². The topological polar surface area (TPSA) is 38.9 Å². The van der Waals surface area contributed by atoms with E-state index in [-0.39, 0.29) is 6.04 Å². The van der Waals surface area contributed by atoms with Crippen LogP contribution in [0.3, 0.4) is 0 Å². The minimum Gasteiger partial charge on any atom is -0.324 e. The molecule has 2 nitrogen and oxygen atoms in total. The first kappa shape index (κ1) is 12.5. The predicted octanol–water partition coefficient (Wildman–Crippen LogP) is 3.75. The number of hydrogen-bond acceptors (Lipinski definition) is 3. The van der Waals surface area contributed by atoms with E-state index in [9.17, 15) is 0 Å². The summed E-state index contributed by atoms with van der Waals surface area (Å²) in [5.41, 5.74) is 7.37. The molecule has 0 bridgehead atoms. The quantitative estimate of drug-likeness (QED) is 0.785. The van der Waals surface area contributed by atoms with Gasteiger partial charge in [-0.25, -0.2) is 4.98 Å². The van der Waals surface area contributed by atoms with Gasteiger partial charge in [0.15, 0.2) is 0 Å². The van der Waals surface area contributed by atoms with Gasteiger partial charge in [0.05, 0.1) is 5.01 Å². The van der Waals surface area contributed by atoms with E-state index < -0.39 is 0 Å². The Balaban J connectivity index is 2.20. The molecule has 0 fully saturated rings. The maximum Gasteiger partial charge on any atom is 0.0943 e. The lowest BCUT2D eigenvalue weighted by atomic mass is 10.1. The summed E-state index contributed by atoms with van der Waals surface area (Å²) in [5, 5.41) is 3.07. The van der Waals surface area contributed by atoms with Crippen molar-refractivity contribution in [1.82, 2.24) is 4.98 Å². The molecule has 1 heterocycles. The molecule has 1 atom stereocenters. The van der Waals surface area contributed by atoms with Crippen molar-refractivity contribution in [1.29, 1.82) is 0 Å². The van der Waals surface area contributed by atoms with Crippen LogP contribution in [0.15, 0.2) is 34.2 Å². The third-order valence-electron chi connectivity index (χ3n) is 2.24. The van der Waals surface area contributed by atoms with Crippen LogP contribution in [-0.4, -0.2) is 4.98 Å². The van der Waals surface area contributed by atoms with E-state index in [4.69, 9.17) is 5.73 Å². The molecule has 2 aromatic rings. The van der Waals surface area contributed by atoms with E-state index in [1.54, 1.807) is 11.3 Å². The molecule has 1 unspecified atom stereocenters. The summed E-state index contributed by atoms with van der Waals surface area (Å²) in [6, 6.07) is 6.19. The maximum absolute atomic E-state index is 6.20. The maximum atomic E-state index is 6.20. The van der Waals surface area contributed by atoms with E-state index in [0.29, 0.717) is 0 Å². The van der Waals surface area contributed by atoms with Gasteiger partial charge in [-0.1, -0.05) is 15.9 Å². The lowest BCUT2D eigenvalue weighted by molar-refractivity contribution is 0.713. The lowest BCUT2D eigenvalue weighted by Crippen LogP contribution is -2.14. The smallest absolute Gasteiger partial charge is 0.0943 e. The van der Waals surface area contributed by atoms with Gasteiger partial charge in [-0.15, -0.1) is 11.3 Å². The molecule has 0 aliphatic rings. The van der Waals surface area contributed by atoms with Crippen LogP contribution in [0.1, 0.15) is 16.6 Å². The number of nitrogens with two attached hydrogens (primary N) is 1. The Kier molecular flexibility index (Phi) is 4.34. The lowest BCUT2D eigenvalue weighted by Gasteiger charge is -2.12. The van der Waals surface area contributed by atoms with Crippen molar-refractivity contribution >= 4 is 49.9 Å². The average molecular weight is 409 g/mol. The highest BCUT2D eigenvalue weighted by atomic mass is 127. The summed E-state index contributed by atoms with van der Waals surface area (Å²) in [4.78, 5) is 4.26. The molecule has 0 aliphatic carbocycles. The van der Waals surface area contributed by atoms with Crippen molar-refractivity contribution in [3.63, 3.8) is 0 Å². The summed E-state index contributed by atoms with van der Waals surface area (Å²) in [5.74, 6) is 0. The summed E-state index contributed by atoms with van der Waals surface area (Å²) < 4.78 is 2.27. The fourth-order valence-corrected chi connectivity index (χ4v) is 3.24. The van der Waals surface area contributed by atoms with E-state index in [1.165, 1.54) is 9.13 Å². The van der Waals surface area contributed by atoms with Gasteiger partial charge in [0.1, 0.15) is 0 Å². The van der Waals surface area contributed by atoms with Crippen LogP contribution >= 0.6 is 49.9 Å². The van der Waals surface area contributed by atoms with Gasteiger partial charge in [-0.2, -0.15) is 0 Å². The highest BCUT2D eigenvalue weighted by molar-refractivity contribution is 14.1. The number of thiazole rings is 1. The van der Waals surface area contributed by atoms with Gasteiger partial charge in [0.2, 0.25) is 0 Å². The molecule has 5 heteroatoms. The van der Waals surface area contributed by atoms with Gasteiger partial charge in [0.25, 0.3) is 0 Å². The van der Waals surface area contributed by atoms with Gasteiger partial charge in [-0.05, 0) is 46.4 Å². The van der Waals surface area contributed by atoms with E-state index >= 15 is 0 Å². The Morgan fingerprint density at radius 1 is 1.50 bits per heavy atom. The number of benzene rings is 1. The Morgan fingerprint density at radius 2 is 2.31 bits per heavy atom. The molecular formula is C11H10BrIN2S. The molecule has 2 rings (SSSR count). The highest BCUT2D eigenvalue weighted by Gasteiger charge is 2.12. The van der Waals surface area contributed by atoms with E-state index in [0.717, 1.165) is 15.9 Å². The molecule has 0 amide bonds. The molecule has 0 spiro atoms. The molecule has 84 valence electrons. The monoisotopic (exact) mass is 408 g/mol. The number of aromatic nitrogens is 1. The van der Waals surface area contributed by atoms with Crippen molar-refractivity contribution < 1.29 is 0 Å². The summed E-state index contributed by atoms with van der Waals surface area (Å²) >= 11 is 7.44. The molecule has 2 N–H and O–H groups in total. The van der Waals surface area contributed by atoms with Crippen LogP contribution in [0, 0.1) is 3.57 Å². The van der Waals surface area contributed by atoms with Crippen LogP contribution < -0.4 is 5.73 Å². The third-order valence-corrected chi connectivity index (χ3v) is 4.51. The summed E-state index contributed by atoms with van der Waals surface area (Å²) in [6.07, 6.45) is 2.61. The average Bonchev–Trinajstić information content (AvgIpc) is 2.74. The minimum atomic E-state index is 0.00977. The van der Waals surface area contributed by atoms with Crippen molar-refractivity contribution in [2.24, 2.45) is 5.73 Å². The normalized spacial score (nSPS) is 12.7. The Hall–Kier alpha value is 0.0200. The van der Waals surface area contributed by atoms with Gasteiger partial charge < -0.3 is 5.73 Å². The van der Waals surface area contributed by atoms with Crippen LogP contribution in [0.25, 0.3) is 0 Å². The molecule has 0 aliphatic heterocycles. The molecular weight excluding hydrogens is 399 g/mol. The van der Waals surface area contributed by atoms with Crippen molar-refractivity contribution in [2.45, 2.75) is 12.5 Å². The fourth-order valence-electron chi connectivity index (χ4n) is 1.45. The zero-order chi connectivity index (χ0) is 11.5. The first-order chi connectivity index (χ1) is 7.66. The predicted molar refractivity (Wildman–Crippen MR) is 79.6 cm³/mol. The molecule has 16 heavy (non-hydrogen) atoms. The van der Waals surface area contributed by atoms with Crippen LogP contribution in [0.5, 0.6) is 0 Å². The first-order valence-electron chi connectivity index (χ1n) is 4.75. The fraction of sp³-hybridized carbons (Fsp3) is 0.182. The standard InChI is InChI=1S/C11H10BrIN2S/c12-7-1-2-9(13)8(5-7)10(14)6-11-15-3-4-16-11/h1-5,10H,6,14H2. The van der Waals surface area contributed by atoms with Crippen LogP contribution in [-0.2, 0) is 6.42 Å². The number of rotatable bonds is 3. The second-order valence-corrected chi connectivity index (χ2v) is 6.46. The van der Waals surface area contributed by atoms with Crippen LogP contribution in [0.2, 0.25) is 0 Å². The number of halogens is 2. The Morgan fingerprint density at radius 3 is 3.00 bits per heavy atom. The van der Waals surface area contributed by atoms with Crippen molar-refractivity contribution in [3.8, 4) is 0 Å². The minimum absolute atomic E-state index is 0.00977. The van der Waals surface area contributed by atoms with Crippen molar-refractivity contribution in [2.75, 3.05) is 0 Å². The summed E-state index contributed by atoms with van der Waals surface area (Å²) in [6.45, 7) is 0. The molecule has 0 radical (unpaired) electrons. The first-order valence-corrected chi connectivity index (χ1v) is 7.51. The Labute approximate surface area is 121 Å². The molecule has 0 saturated heterocycles. The zero-order valence-electron chi connectivity index (χ0n) is 8.36. The zero-order valence-corrected chi connectivity index (χ0v) is 12.9. The van der Waals surface area contributed by atoms with Gasteiger partial charge in [-0.3, -0.25) is 0 Å². The SMILES string of the molecule is NC(Cc1nccs1)c1cc(Br)ccc1I. The molecule has 0 saturated carbocycles. The summed E-state index contributed by atoms with van der Waals surface area (Å²) in [7, 11) is 0. The van der Waals surface area contributed by atoms with Crippen molar-refractivity contribution in [3.05, 3.63) is 48.4 Å². The molecule has 1 aromatic carbocycles. The third kappa shape index (κ3) is 3.03. The van der Waals surface area contributed by atoms with Gasteiger partial charge in [0, 0.05) is 32.1 Å². The van der Waals surface area contributed by atoms with E-state index in [1.807, 2.05) is 17.6 Å². The van der Waals surface area contributed by atoms with Crippen LogP contribution in [0.4, 0.5) is 0 Å². The second-order valence-electron chi connectivity index (χ2n) is 3.40.